The van der Waals surface area contributed by atoms with Crippen LogP contribution in [0.2, 0.25) is 0 Å². The molecule has 17 heavy (non-hydrogen) atoms. The fourth-order valence-corrected chi connectivity index (χ4v) is 1.38. The topological polar surface area (TPSA) is 71.4 Å². The van der Waals surface area contributed by atoms with Crippen LogP contribution in [0.15, 0.2) is 35.0 Å². The van der Waals surface area contributed by atoms with E-state index in [-0.39, 0.29) is 11.6 Å². The molecule has 0 aliphatic carbocycles. The first-order valence-corrected chi connectivity index (χ1v) is 5.10. The lowest BCUT2D eigenvalue weighted by molar-refractivity contribution is -0.793. The highest BCUT2D eigenvalue weighted by Gasteiger charge is 2.22. The third-order valence-corrected chi connectivity index (χ3v) is 2.16. The molecule has 0 fully saturated rings. The van der Waals surface area contributed by atoms with Crippen LogP contribution in [0.4, 0.5) is 0 Å². The van der Waals surface area contributed by atoms with Gasteiger partial charge in [-0.2, -0.15) is 0 Å². The molecule has 1 heterocycles. The van der Waals surface area contributed by atoms with Crippen molar-refractivity contribution in [3.8, 4) is 17.1 Å². The van der Waals surface area contributed by atoms with Crippen LogP contribution in [-0.2, 0) is 4.74 Å². The summed E-state index contributed by atoms with van der Waals surface area (Å²) in [5, 5.41) is 15.0. The number of methoxy groups -OCH3 is 1. The molecule has 0 aliphatic heterocycles. The summed E-state index contributed by atoms with van der Waals surface area (Å²) in [6, 6.07) is 9.06. The number of ether oxygens (including phenoxy) is 2. The Labute approximate surface area is 97.9 Å². The van der Waals surface area contributed by atoms with Crippen molar-refractivity contribution in [2.75, 3.05) is 20.3 Å². The highest BCUT2D eigenvalue weighted by atomic mass is 16.8. The summed E-state index contributed by atoms with van der Waals surface area (Å²) in [6.45, 7) is 0.725. The Morgan fingerprint density at radius 3 is 2.76 bits per heavy atom. The van der Waals surface area contributed by atoms with E-state index in [0.717, 1.165) is 0 Å². The first-order valence-electron chi connectivity index (χ1n) is 5.10. The van der Waals surface area contributed by atoms with Crippen molar-refractivity contribution in [3.63, 3.8) is 0 Å². The van der Waals surface area contributed by atoms with Crippen LogP contribution >= 0.6 is 0 Å². The zero-order valence-electron chi connectivity index (χ0n) is 9.33. The van der Waals surface area contributed by atoms with Gasteiger partial charge in [0.15, 0.2) is 0 Å². The Balaban J connectivity index is 2.24. The first kappa shape index (κ1) is 11.4. The molecular weight excluding hydrogens is 224 g/mol. The Kier molecular flexibility index (Phi) is 3.56. The van der Waals surface area contributed by atoms with Gasteiger partial charge in [-0.3, -0.25) is 4.63 Å². The van der Waals surface area contributed by atoms with Gasteiger partial charge in [0.25, 0.3) is 5.69 Å². The molecule has 2 rings (SSSR count). The van der Waals surface area contributed by atoms with E-state index in [1.165, 1.54) is 0 Å². The number of benzene rings is 1. The largest absolute Gasteiger partial charge is 0.453 e. The summed E-state index contributed by atoms with van der Waals surface area (Å²) < 4.78 is 14.7. The van der Waals surface area contributed by atoms with E-state index in [0.29, 0.717) is 23.7 Å². The summed E-state index contributed by atoms with van der Waals surface area (Å²) in [4.78, 5) is 0.331. The van der Waals surface area contributed by atoms with Gasteiger partial charge in [-0.15, -0.1) is 0 Å². The van der Waals surface area contributed by atoms with Crippen molar-refractivity contribution in [3.05, 3.63) is 35.5 Å². The zero-order valence-corrected chi connectivity index (χ0v) is 9.33. The number of nitrogens with zero attached hydrogens (tertiary/aromatic N) is 2. The van der Waals surface area contributed by atoms with Gasteiger partial charge in [-0.05, 0) is 4.90 Å². The third kappa shape index (κ3) is 2.54. The second-order valence-corrected chi connectivity index (χ2v) is 3.29. The minimum Gasteiger partial charge on any atom is -0.453 e. The summed E-state index contributed by atoms with van der Waals surface area (Å²) in [5.41, 5.74) is 0.956. The summed E-state index contributed by atoms with van der Waals surface area (Å²) in [6.07, 6.45) is 0. The van der Waals surface area contributed by atoms with Crippen molar-refractivity contribution < 1.29 is 19.0 Å². The summed E-state index contributed by atoms with van der Waals surface area (Å²) in [5.74, 6) is 0.170. The summed E-state index contributed by atoms with van der Waals surface area (Å²) >= 11 is 0. The van der Waals surface area contributed by atoms with Gasteiger partial charge in [0.05, 0.1) is 11.8 Å². The van der Waals surface area contributed by atoms with Gasteiger partial charge in [-0.25, -0.2) is 0 Å². The molecule has 90 valence electrons. The van der Waals surface area contributed by atoms with Crippen molar-refractivity contribution in [2.45, 2.75) is 0 Å². The smallest absolute Gasteiger partial charge is 0.403 e. The van der Waals surface area contributed by atoms with E-state index in [9.17, 15) is 5.21 Å². The highest BCUT2D eigenvalue weighted by molar-refractivity contribution is 5.60. The Bertz CT molecular complexity index is 470. The van der Waals surface area contributed by atoms with Crippen LogP contribution in [0, 0.1) is 5.21 Å². The average Bonchev–Trinajstić information content (AvgIpc) is 2.72. The zero-order chi connectivity index (χ0) is 12.1. The van der Waals surface area contributed by atoms with Gasteiger partial charge in [0.2, 0.25) is 0 Å². The van der Waals surface area contributed by atoms with Crippen LogP contribution in [-0.4, -0.2) is 25.5 Å². The molecule has 0 spiro atoms. The quantitative estimate of drug-likeness (QED) is 0.572. The van der Waals surface area contributed by atoms with Gasteiger partial charge in [-0.1, -0.05) is 30.3 Å². The number of hydrogen-bond acceptors (Lipinski definition) is 5. The van der Waals surface area contributed by atoms with E-state index in [4.69, 9.17) is 9.47 Å². The lowest BCUT2D eigenvalue weighted by atomic mass is 10.2. The normalized spacial score (nSPS) is 10.4. The molecule has 6 nitrogen and oxygen atoms in total. The lowest BCUT2D eigenvalue weighted by Gasteiger charge is -2.00. The van der Waals surface area contributed by atoms with Gasteiger partial charge in [0.1, 0.15) is 6.61 Å². The summed E-state index contributed by atoms with van der Waals surface area (Å²) in [7, 11) is 1.57. The minimum absolute atomic E-state index is 0.170. The predicted octanol–water partition coefficient (Wildman–Crippen LogP) is 1.00. The van der Waals surface area contributed by atoms with Crippen LogP contribution in [0.1, 0.15) is 0 Å². The molecule has 0 radical (unpaired) electrons. The van der Waals surface area contributed by atoms with E-state index in [1.807, 2.05) is 18.2 Å². The lowest BCUT2D eigenvalue weighted by Crippen LogP contribution is -2.25. The third-order valence-electron chi connectivity index (χ3n) is 2.16. The van der Waals surface area contributed by atoms with Gasteiger partial charge >= 0.3 is 5.88 Å². The number of aromatic nitrogens is 2. The van der Waals surface area contributed by atoms with Crippen molar-refractivity contribution in [1.82, 2.24) is 5.16 Å². The maximum atomic E-state index is 11.4. The second kappa shape index (κ2) is 5.31. The maximum Gasteiger partial charge on any atom is 0.403 e. The first-order chi connectivity index (χ1) is 8.33. The molecule has 1 aromatic carbocycles. The molecule has 0 unspecified atom stereocenters. The van der Waals surface area contributed by atoms with Gasteiger partial charge in [0, 0.05) is 12.7 Å². The monoisotopic (exact) mass is 236 g/mol. The molecule has 0 saturated heterocycles. The van der Waals surface area contributed by atoms with E-state index in [1.54, 1.807) is 19.2 Å². The van der Waals surface area contributed by atoms with E-state index in [2.05, 4.69) is 9.79 Å². The Hall–Kier alpha value is -2.08. The van der Waals surface area contributed by atoms with Crippen molar-refractivity contribution in [2.24, 2.45) is 0 Å². The molecule has 1 aromatic heterocycles. The minimum atomic E-state index is 0.170. The Morgan fingerprint density at radius 1 is 1.29 bits per heavy atom. The standard InChI is InChI=1S/C11H12N2O4/c1-15-7-8-16-11-10(13(14)17-12-11)9-5-3-2-4-6-9/h2-6H,7-8H2,1H3. The molecule has 0 amide bonds. The van der Waals surface area contributed by atoms with Crippen LogP contribution < -0.4 is 9.64 Å². The maximum absolute atomic E-state index is 11.4. The molecule has 0 atom stereocenters. The molecule has 6 heteroatoms. The van der Waals surface area contributed by atoms with Crippen molar-refractivity contribution in [1.29, 1.82) is 0 Å². The Morgan fingerprint density at radius 2 is 2.06 bits per heavy atom. The van der Waals surface area contributed by atoms with Gasteiger partial charge < -0.3 is 14.7 Å². The SMILES string of the molecule is COCCOc1no[n+]([O-])c1-c1ccccc1. The molecular formula is C11H12N2O4. The molecule has 0 saturated carbocycles. The number of rotatable bonds is 5. The fraction of sp³-hybridized carbons (Fsp3) is 0.273. The van der Waals surface area contributed by atoms with Crippen LogP contribution in [0.3, 0.4) is 0 Å². The molecule has 0 N–H and O–H groups in total. The predicted molar refractivity (Wildman–Crippen MR) is 58.3 cm³/mol. The van der Waals surface area contributed by atoms with Crippen LogP contribution in [0.25, 0.3) is 11.3 Å². The second-order valence-electron chi connectivity index (χ2n) is 3.29. The molecule has 2 aromatic rings. The molecule has 0 aliphatic rings. The van der Waals surface area contributed by atoms with Crippen molar-refractivity contribution >= 4 is 0 Å². The fourth-order valence-electron chi connectivity index (χ4n) is 1.38. The number of hydrogen-bond donors (Lipinski definition) is 0. The van der Waals surface area contributed by atoms with E-state index >= 15 is 0 Å². The molecule has 0 bridgehead atoms. The average molecular weight is 236 g/mol. The highest BCUT2D eigenvalue weighted by Crippen LogP contribution is 2.24. The van der Waals surface area contributed by atoms with Crippen LogP contribution in [0.5, 0.6) is 5.88 Å². The van der Waals surface area contributed by atoms with E-state index < -0.39 is 0 Å².